The van der Waals surface area contributed by atoms with Crippen LogP contribution >= 0.6 is 0 Å². The number of nitrogens with one attached hydrogen (secondary N) is 8. The van der Waals surface area contributed by atoms with Crippen LogP contribution in [0.1, 0.15) is 147 Å². The molecule has 2 aliphatic heterocycles. The van der Waals surface area contributed by atoms with Gasteiger partial charge in [0.1, 0.15) is 30.8 Å². The Kier molecular flexibility index (Phi) is 35.7. The molecule has 103 heavy (non-hydrogen) atoms. The van der Waals surface area contributed by atoms with Gasteiger partial charge in [0.15, 0.2) is 5.78 Å². The van der Waals surface area contributed by atoms with E-state index in [0.29, 0.717) is 42.5 Å². The molecule has 13 amide bonds. The minimum Gasteiger partial charge on any atom is -0.445 e. The average Bonchev–Trinajstić information content (AvgIpc) is 1.74. The number of alkyl carbamates (subject to hydrolysis) is 2. The summed E-state index contributed by atoms with van der Waals surface area (Å²) < 4.78 is 23.4. The molecule has 1 saturated heterocycles. The van der Waals surface area contributed by atoms with Gasteiger partial charge < -0.3 is 77.0 Å². The number of carbonyl (C=O) groups excluding carboxylic acids is 13. The Hall–Kier alpha value is -9.03. The quantitative estimate of drug-likeness (QED) is 0.0253. The van der Waals surface area contributed by atoms with Gasteiger partial charge in [0.2, 0.25) is 41.4 Å². The number of aryl methyl sites for hydroxylation is 2. The van der Waals surface area contributed by atoms with Crippen LogP contribution in [0.25, 0.3) is 0 Å². The monoisotopic (exact) mass is 1440 g/mol. The molecule has 2 heterocycles. The van der Waals surface area contributed by atoms with Crippen LogP contribution in [0.5, 0.6) is 0 Å². The van der Waals surface area contributed by atoms with Crippen LogP contribution in [-0.2, 0) is 68.7 Å². The number of amides is 13. The van der Waals surface area contributed by atoms with Gasteiger partial charge in [-0.1, -0.05) is 111 Å². The zero-order valence-corrected chi connectivity index (χ0v) is 62.9. The van der Waals surface area contributed by atoms with Crippen LogP contribution in [0.3, 0.4) is 0 Å². The number of rotatable bonds is 42. The first kappa shape index (κ1) is 86.4. The number of ketones is 1. The molecule has 0 aromatic heterocycles. The molecule has 30 nitrogen and oxygen atoms in total. The second-order valence-corrected chi connectivity index (χ2v) is 27.9. The van der Waals surface area contributed by atoms with Crippen molar-refractivity contribution in [3.8, 4) is 0 Å². The van der Waals surface area contributed by atoms with E-state index in [4.69, 9.17) is 24.7 Å². The predicted octanol–water partition coefficient (Wildman–Crippen LogP) is 4.38. The molecular weight excluding hydrogens is 1330 g/mol. The number of nitrogens with two attached hydrogens (primary N) is 1. The number of hydrogen-bond donors (Lipinski definition) is 9. The number of methoxy groups -OCH3 is 2. The van der Waals surface area contributed by atoms with Crippen molar-refractivity contribution in [3.05, 3.63) is 76.9 Å². The molecule has 2 aliphatic rings. The number of urea groups is 1. The SMILES string of the molecule is CC[C@H](C)[C@@H]([C@@H](CC(=O)N1C[C@@H](OC(=O)NCCNC(=O)OCc2ccc(NC(=O)[C@H](CCCNC(N)=O)NC(=O)[C@@H](NC(=O)CCCCCN3C(=O)C=CC3=O)C(C)C)cc2)C[C@H]1[C@H](OC)[C@@H](C)C(=O)NCC(=O)c1ccc(C)cc1C)OC)N(C)C(=O)[C@@H](NC(=O)[C@H](C(C)C)N(C)C)C(C)C. The Morgan fingerprint density at radius 2 is 1.32 bits per heavy atom. The lowest BCUT2D eigenvalue weighted by Gasteiger charge is -2.41. The summed E-state index contributed by atoms with van der Waals surface area (Å²) in [4.78, 5) is 179. The van der Waals surface area contributed by atoms with E-state index in [2.05, 4.69) is 42.5 Å². The highest BCUT2D eigenvalue weighted by atomic mass is 16.6. The molecule has 0 aliphatic carbocycles. The Morgan fingerprint density at radius 1 is 0.680 bits per heavy atom. The Bertz CT molecular complexity index is 3250. The van der Waals surface area contributed by atoms with Gasteiger partial charge >= 0.3 is 18.2 Å². The van der Waals surface area contributed by atoms with Crippen LogP contribution in [0.15, 0.2) is 54.6 Å². The fraction of sp³-hybridized carbons (Fsp3) is 0.630. The third-order valence-electron chi connectivity index (χ3n) is 18.6. The van der Waals surface area contributed by atoms with Gasteiger partial charge in [-0.3, -0.25) is 57.7 Å². The predicted molar refractivity (Wildman–Crippen MR) is 385 cm³/mol. The van der Waals surface area contributed by atoms with Crippen LogP contribution in [0.2, 0.25) is 0 Å². The van der Waals surface area contributed by atoms with Gasteiger partial charge in [-0.25, -0.2) is 14.4 Å². The molecule has 30 heteroatoms. The van der Waals surface area contributed by atoms with Gasteiger partial charge in [0.25, 0.3) is 11.8 Å². The molecule has 2 aromatic rings. The van der Waals surface area contributed by atoms with Gasteiger partial charge in [-0.05, 0) is 101 Å². The summed E-state index contributed by atoms with van der Waals surface area (Å²) in [6.45, 7) is 19.8. The van der Waals surface area contributed by atoms with Crippen LogP contribution in [-0.4, -0.2) is 226 Å². The summed E-state index contributed by atoms with van der Waals surface area (Å²) in [6, 6.07) is 5.90. The van der Waals surface area contributed by atoms with E-state index in [0.717, 1.165) is 16.0 Å². The highest BCUT2D eigenvalue weighted by Crippen LogP contribution is 2.32. The first-order chi connectivity index (χ1) is 48.6. The number of carbonyl (C=O) groups is 13. The summed E-state index contributed by atoms with van der Waals surface area (Å²) >= 11 is 0. The molecule has 0 unspecified atom stereocenters. The molecule has 0 radical (unpaired) electrons. The van der Waals surface area contributed by atoms with Gasteiger partial charge in [-0.2, -0.15) is 0 Å². The van der Waals surface area contributed by atoms with Crippen molar-refractivity contribution in [2.45, 2.75) is 195 Å². The van der Waals surface area contributed by atoms with E-state index in [1.54, 1.807) is 77.1 Å². The molecule has 572 valence electrons. The van der Waals surface area contributed by atoms with Crippen molar-refractivity contribution >= 4 is 82.9 Å². The first-order valence-electron chi connectivity index (χ1n) is 35.5. The summed E-state index contributed by atoms with van der Waals surface area (Å²) in [5, 5.41) is 21.6. The van der Waals surface area contributed by atoms with Crippen LogP contribution in [0, 0.1) is 43.4 Å². The zero-order valence-electron chi connectivity index (χ0n) is 62.9. The molecule has 11 atom stereocenters. The van der Waals surface area contributed by atoms with E-state index >= 15 is 4.79 Å². The third kappa shape index (κ3) is 26.9. The van der Waals surface area contributed by atoms with E-state index in [9.17, 15) is 57.5 Å². The highest BCUT2D eigenvalue weighted by Gasteiger charge is 2.47. The average molecular weight is 1440 g/mol. The number of hydrogen-bond acceptors (Lipinski definition) is 18. The molecule has 4 rings (SSSR count). The maximum absolute atomic E-state index is 15.0. The Balaban J connectivity index is 1.39. The smallest absolute Gasteiger partial charge is 0.407 e. The number of nitrogens with zero attached hydrogens (tertiary/aromatic N) is 4. The first-order valence-corrected chi connectivity index (χ1v) is 35.5. The Morgan fingerprint density at radius 3 is 1.89 bits per heavy atom. The van der Waals surface area contributed by atoms with Crippen LogP contribution in [0.4, 0.5) is 20.1 Å². The summed E-state index contributed by atoms with van der Waals surface area (Å²) in [7, 11) is 8.10. The van der Waals surface area contributed by atoms with E-state index in [1.165, 1.54) is 31.3 Å². The van der Waals surface area contributed by atoms with Crippen molar-refractivity contribution in [2.24, 2.45) is 35.3 Å². The normalized spacial score (nSPS) is 16.9. The van der Waals surface area contributed by atoms with Crippen molar-refractivity contribution in [2.75, 3.05) is 79.9 Å². The molecule has 0 spiro atoms. The van der Waals surface area contributed by atoms with Crippen LogP contribution < -0.4 is 48.3 Å². The minimum absolute atomic E-state index is 0.0250. The number of unbranched alkanes of at least 4 members (excludes halogenated alkanes) is 2. The van der Waals surface area contributed by atoms with Gasteiger partial charge in [-0.15, -0.1) is 0 Å². The molecule has 2 aromatic carbocycles. The molecule has 10 N–H and O–H groups in total. The fourth-order valence-corrected chi connectivity index (χ4v) is 12.9. The number of likely N-dealkylation sites (tertiary alicyclic amines) is 1. The van der Waals surface area contributed by atoms with E-state index < -0.39 is 108 Å². The summed E-state index contributed by atoms with van der Waals surface area (Å²) in [5.74, 6) is -6.18. The van der Waals surface area contributed by atoms with Gasteiger partial charge in [0.05, 0.1) is 55.8 Å². The lowest BCUT2D eigenvalue weighted by atomic mass is 9.89. The lowest BCUT2D eigenvalue weighted by molar-refractivity contribution is -0.148. The topological polar surface area (TPSA) is 394 Å². The number of likely N-dealkylation sites (N-methyl/N-ethyl adjacent to an activating group) is 2. The van der Waals surface area contributed by atoms with Gasteiger partial charge in [0, 0.05) is 83.7 Å². The van der Waals surface area contributed by atoms with Crippen molar-refractivity contribution < 1.29 is 81.3 Å². The molecule has 0 bridgehead atoms. The van der Waals surface area contributed by atoms with Crippen molar-refractivity contribution in [1.82, 2.24) is 56.8 Å². The van der Waals surface area contributed by atoms with E-state index in [1.807, 2.05) is 72.4 Å². The number of ether oxygens (including phenoxy) is 4. The Labute approximate surface area is 605 Å². The fourth-order valence-electron chi connectivity index (χ4n) is 12.9. The summed E-state index contributed by atoms with van der Waals surface area (Å²) in [6.07, 6.45) is 0.175. The number of primary amides is 1. The number of Topliss-reactive ketones (excluding diaryl/α,β-unsaturated/α-hetero) is 1. The number of imide groups is 1. The molecule has 0 saturated carbocycles. The van der Waals surface area contributed by atoms with Crippen molar-refractivity contribution in [3.63, 3.8) is 0 Å². The van der Waals surface area contributed by atoms with Crippen molar-refractivity contribution in [1.29, 1.82) is 0 Å². The maximum Gasteiger partial charge on any atom is 0.407 e. The standard InChI is InChI=1S/C73H113N13O17/c1-17-46(9)64(84(14)70(96)62(43(4)5)82-69(95)63(44(6)7)83(12)13)56(100-15)38-60(91)86-40-51(37-54(86)65(101-16)48(11)66(92)78-39-55(87)52-29-24-45(8)36-47(52)10)103-73(99)77-34-33-76-72(98)102-41-49-25-27-50(28-26-49)79-67(93)53(22-21-32-75-71(74)97)80-68(94)61(42(2)3)81-57(88)23-19-18-20-35-85-58(89)30-31-59(85)90/h24-31,36,42-44,46,48,51,53-54,56,61-65H,17-23,32-35,37-41H2,1-16H3,(H,76,98)(H,77,99)(H,78,92)(H,79,93)(H,80,94)(H,81,88)(H,82,95)(H3,74,75,97)/t46-,48+,51-,53-,54-,56+,61-,62-,63-,64-,65+/m0/s1. The number of benzene rings is 2. The lowest BCUT2D eigenvalue weighted by Crippen LogP contribution is -2.59. The largest absolute Gasteiger partial charge is 0.445 e. The van der Waals surface area contributed by atoms with E-state index in [-0.39, 0.29) is 131 Å². The zero-order chi connectivity index (χ0) is 76.9. The second kappa shape index (κ2) is 42.5. The summed E-state index contributed by atoms with van der Waals surface area (Å²) in [5.41, 5.74) is 8.29. The molecule has 1 fully saturated rings. The molecular formula is C73H113N13O17. The minimum atomic E-state index is -1.11. The maximum atomic E-state index is 15.0. The number of anilines is 1. The highest BCUT2D eigenvalue weighted by molar-refractivity contribution is 6.13. The second-order valence-electron chi connectivity index (χ2n) is 27.9. The third-order valence-corrected chi connectivity index (χ3v) is 18.6.